The largest absolute Gasteiger partial charge is 0.384 e. The third kappa shape index (κ3) is 5.52. The van der Waals surface area contributed by atoms with E-state index < -0.39 is 0 Å². The van der Waals surface area contributed by atoms with Crippen LogP contribution >= 0.6 is 0 Å². The highest BCUT2D eigenvalue weighted by Crippen LogP contribution is 2.12. The standard InChI is InChI=1S/C15H26N2O/c1-4-17(12-13-18-5-2)11-10-16-15-9-7-6-8-14(15)3/h6-9,16H,4-5,10-13H2,1-3H3. The van der Waals surface area contributed by atoms with Gasteiger partial charge in [0.05, 0.1) is 6.61 Å². The average molecular weight is 250 g/mol. The van der Waals surface area contributed by atoms with E-state index in [1.54, 1.807) is 0 Å². The summed E-state index contributed by atoms with van der Waals surface area (Å²) in [4.78, 5) is 2.40. The molecule has 0 saturated carbocycles. The minimum absolute atomic E-state index is 0.805. The summed E-state index contributed by atoms with van der Waals surface area (Å²) in [6.45, 7) is 12.1. The highest BCUT2D eigenvalue weighted by molar-refractivity contribution is 5.50. The van der Waals surface area contributed by atoms with E-state index >= 15 is 0 Å². The van der Waals surface area contributed by atoms with E-state index in [-0.39, 0.29) is 0 Å². The van der Waals surface area contributed by atoms with E-state index in [0.29, 0.717) is 0 Å². The molecule has 0 unspecified atom stereocenters. The van der Waals surface area contributed by atoms with Crippen molar-refractivity contribution in [1.82, 2.24) is 4.90 Å². The van der Waals surface area contributed by atoms with Crippen molar-refractivity contribution in [1.29, 1.82) is 0 Å². The molecule has 0 atom stereocenters. The Morgan fingerprint density at radius 3 is 2.61 bits per heavy atom. The minimum Gasteiger partial charge on any atom is -0.384 e. The molecule has 1 aromatic carbocycles. The first-order chi connectivity index (χ1) is 8.77. The fourth-order valence-electron chi connectivity index (χ4n) is 1.89. The number of rotatable bonds is 9. The summed E-state index contributed by atoms with van der Waals surface area (Å²) in [6, 6.07) is 8.41. The van der Waals surface area contributed by atoms with Gasteiger partial charge in [-0.05, 0) is 32.0 Å². The van der Waals surface area contributed by atoms with Gasteiger partial charge in [0.1, 0.15) is 0 Å². The van der Waals surface area contributed by atoms with Gasteiger partial charge in [0.25, 0.3) is 0 Å². The Balaban J connectivity index is 2.24. The van der Waals surface area contributed by atoms with Crippen LogP contribution in [0.2, 0.25) is 0 Å². The molecule has 0 spiro atoms. The average Bonchev–Trinajstić information content (AvgIpc) is 2.39. The molecule has 0 amide bonds. The highest BCUT2D eigenvalue weighted by atomic mass is 16.5. The quantitative estimate of drug-likeness (QED) is 0.682. The predicted molar refractivity (Wildman–Crippen MR) is 78.3 cm³/mol. The number of nitrogens with zero attached hydrogens (tertiary/aromatic N) is 1. The molecule has 0 heterocycles. The normalized spacial score (nSPS) is 10.9. The lowest BCUT2D eigenvalue weighted by atomic mass is 10.2. The molecule has 0 aliphatic heterocycles. The SMILES string of the molecule is CCOCCN(CC)CCNc1ccccc1C. The number of nitrogens with one attached hydrogen (secondary N) is 1. The van der Waals surface area contributed by atoms with Crippen molar-refractivity contribution in [2.75, 3.05) is 44.7 Å². The van der Waals surface area contributed by atoms with Gasteiger partial charge in [-0.25, -0.2) is 0 Å². The zero-order valence-corrected chi connectivity index (χ0v) is 11.9. The molecule has 18 heavy (non-hydrogen) atoms. The molecule has 0 radical (unpaired) electrons. The van der Waals surface area contributed by atoms with Crippen LogP contribution in [0.25, 0.3) is 0 Å². The van der Waals surface area contributed by atoms with Crippen LogP contribution in [0.1, 0.15) is 19.4 Å². The fourth-order valence-corrected chi connectivity index (χ4v) is 1.89. The molecule has 1 N–H and O–H groups in total. The zero-order chi connectivity index (χ0) is 13.2. The third-order valence-electron chi connectivity index (χ3n) is 3.09. The Morgan fingerprint density at radius 2 is 1.94 bits per heavy atom. The van der Waals surface area contributed by atoms with Gasteiger partial charge in [-0.15, -0.1) is 0 Å². The molecule has 1 rings (SSSR count). The van der Waals surface area contributed by atoms with Crippen molar-refractivity contribution >= 4 is 5.69 Å². The summed E-state index contributed by atoms with van der Waals surface area (Å²) in [5, 5.41) is 3.49. The predicted octanol–water partition coefficient (Wildman–Crippen LogP) is 2.77. The fraction of sp³-hybridized carbons (Fsp3) is 0.600. The molecule has 1 aromatic rings. The van der Waals surface area contributed by atoms with Gasteiger partial charge in [-0.1, -0.05) is 25.1 Å². The number of hydrogen-bond acceptors (Lipinski definition) is 3. The van der Waals surface area contributed by atoms with Crippen LogP contribution in [0.3, 0.4) is 0 Å². The van der Waals surface area contributed by atoms with Gasteiger partial charge in [0, 0.05) is 31.9 Å². The first-order valence-electron chi connectivity index (χ1n) is 6.87. The van der Waals surface area contributed by atoms with Crippen molar-refractivity contribution < 1.29 is 4.74 Å². The number of anilines is 1. The molecule has 0 fully saturated rings. The Labute approximate surface area is 111 Å². The first-order valence-corrected chi connectivity index (χ1v) is 6.87. The monoisotopic (exact) mass is 250 g/mol. The molecule has 3 nitrogen and oxygen atoms in total. The molecular formula is C15H26N2O. The number of ether oxygens (including phenoxy) is 1. The molecular weight excluding hydrogens is 224 g/mol. The molecule has 0 aliphatic rings. The molecule has 102 valence electrons. The topological polar surface area (TPSA) is 24.5 Å². The third-order valence-corrected chi connectivity index (χ3v) is 3.09. The van der Waals surface area contributed by atoms with Crippen LogP contribution in [0.5, 0.6) is 0 Å². The number of likely N-dealkylation sites (N-methyl/N-ethyl adjacent to an activating group) is 1. The van der Waals surface area contributed by atoms with E-state index in [0.717, 1.165) is 39.4 Å². The first kappa shape index (κ1) is 15.0. The van der Waals surface area contributed by atoms with E-state index in [1.165, 1.54) is 11.3 Å². The minimum atomic E-state index is 0.805. The van der Waals surface area contributed by atoms with E-state index in [1.807, 2.05) is 6.92 Å². The number of para-hydroxylation sites is 1. The van der Waals surface area contributed by atoms with Crippen molar-refractivity contribution in [3.8, 4) is 0 Å². The summed E-state index contributed by atoms with van der Waals surface area (Å²) in [5.41, 5.74) is 2.54. The second kappa shape index (κ2) is 8.95. The number of aryl methyl sites for hydroxylation is 1. The molecule has 0 aliphatic carbocycles. The van der Waals surface area contributed by atoms with Gasteiger partial charge >= 0.3 is 0 Å². The molecule has 0 saturated heterocycles. The van der Waals surface area contributed by atoms with Gasteiger partial charge in [-0.3, -0.25) is 4.90 Å². The second-order valence-electron chi connectivity index (χ2n) is 4.37. The maximum Gasteiger partial charge on any atom is 0.0593 e. The van der Waals surface area contributed by atoms with Crippen LogP contribution in [-0.4, -0.2) is 44.3 Å². The summed E-state index contributed by atoms with van der Waals surface area (Å²) in [6.07, 6.45) is 0. The lowest BCUT2D eigenvalue weighted by Crippen LogP contribution is -2.32. The van der Waals surface area contributed by atoms with Crippen LogP contribution < -0.4 is 5.32 Å². The summed E-state index contributed by atoms with van der Waals surface area (Å²) < 4.78 is 5.39. The van der Waals surface area contributed by atoms with Gasteiger partial charge in [-0.2, -0.15) is 0 Å². The van der Waals surface area contributed by atoms with Crippen LogP contribution in [0, 0.1) is 6.92 Å². The van der Waals surface area contributed by atoms with E-state index in [2.05, 4.69) is 48.3 Å². The second-order valence-corrected chi connectivity index (χ2v) is 4.37. The number of hydrogen-bond donors (Lipinski definition) is 1. The van der Waals surface area contributed by atoms with Crippen molar-refractivity contribution in [2.45, 2.75) is 20.8 Å². The van der Waals surface area contributed by atoms with Crippen LogP contribution in [0.4, 0.5) is 5.69 Å². The molecule has 0 bridgehead atoms. The smallest absolute Gasteiger partial charge is 0.0593 e. The summed E-state index contributed by atoms with van der Waals surface area (Å²) >= 11 is 0. The highest BCUT2D eigenvalue weighted by Gasteiger charge is 2.02. The molecule has 3 heteroatoms. The Hall–Kier alpha value is -1.06. The van der Waals surface area contributed by atoms with Crippen molar-refractivity contribution in [2.24, 2.45) is 0 Å². The maximum atomic E-state index is 5.39. The number of benzene rings is 1. The maximum absolute atomic E-state index is 5.39. The van der Waals surface area contributed by atoms with Gasteiger partial charge in [0.2, 0.25) is 0 Å². The summed E-state index contributed by atoms with van der Waals surface area (Å²) in [5.74, 6) is 0. The van der Waals surface area contributed by atoms with Crippen molar-refractivity contribution in [3.63, 3.8) is 0 Å². The lowest BCUT2D eigenvalue weighted by molar-refractivity contribution is 0.117. The van der Waals surface area contributed by atoms with Crippen LogP contribution in [-0.2, 0) is 4.74 Å². The van der Waals surface area contributed by atoms with Crippen molar-refractivity contribution in [3.05, 3.63) is 29.8 Å². The zero-order valence-electron chi connectivity index (χ0n) is 11.9. The Kier molecular flexibility index (Phi) is 7.46. The lowest BCUT2D eigenvalue weighted by Gasteiger charge is -2.21. The van der Waals surface area contributed by atoms with Gasteiger partial charge in [0.15, 0.2) is 0 Å². The van der Waals surface area contributed by atoms with E-state index in [4.69, 9.17) is 4.74 Å². The Morgan fingerprint density at radius 1 is 1.17 bits per heavy atom. The van der Waals surface area contributed by atoms with E-state index in [9.17, 15) is 0 Å². The summed E-state index contributed by atoms with van der Waals surface area (Å²) in [7, 11) is 0. The Bertz CT molecular complexity index is 328. The van der Waals surface area contributed by atoms with Crippen LogP contribution in [0.15, 0.2) is 24.3 Å². The van der Waals surface area contributed by atoms with Gasteiger partial charge < -0.3 is 10.1 Å². The molecule has 0 aromatic heterocycles.